The van der Waals surface area contributed by atoms with Crippen molar-refractivity contribution in [3.8, 4) is 0 Å². The molecular formula is C12H21N3O2. The lowest BCUT2D eigenvalue weighted by atomic mass is 9.81. The first-order chi connectivity index (χ1) is 7.76. The number of aliphatic carboxylic acids is 1. The Morgan fingerprint density at radius 3 is 2.65 bits per heavy atom. The van der Waals surface area contributed by atoms with E-state index in [4.69, 9.17) is 10.8 Å². The van der Waals surface area contributed by atoms with Crippen LogP contribution < -0.4 is 5.73 Å². The highest BCUT2D eigenvalue weighted by atomic mass is 16.4. The van der Waals surface area contributed by atoms with Crippen LogP contribution in [0.1, 0.15) is 33.4 Å². The predicted molar refractivity (Wildman–Crippen MR) is 65.7 cm³/mol. The van der Waals surface area contributed by atoms with Gasteiger partial charge >= 0.3 is 5.97 Å². The van der Waals surface area contributed by atoms with Gasteiger partial charge in [-0.05, 0) is 12.0 Å². The molecule has 0 fully saturated rings. The summed E-state index contributed by atoms with van der Waals surface area (Å²) in [4.78, 5) is 11.0. The van der Waals surface area contributed by atoms with Gasteiger partial charge in [0, 0.05) is 23.9 Å². The number of aromatic nitrogens is 2. The zero-order chi connectivity index (χ0) is 13.2. The summed E-state index contributed by atoms with van der Waals surface area (Å²) in [5.74, 6) is -0.544. The number of hydrogen-bond acceptors (Lipinski definition) is 3. The normalized spacial score (nSPS) is 14.0. The Morgan fingerprint density at radius 1 is 1.59 bits per heavy atom. The molecule has 0 saturated carbocycles. The highest BCUT2D eigenvalue weighted by Gasteiger charge is 2.36. The third kappa shape index (κ3) is 2.85. The molecule has 0 aromatic carbocycles. The van der Waals surface area contributed by atoms with Crippen LogP contribution in [0.25, 0.3) is 0 Å². The summed E-state index contributed by atoms with van der Waals surface area (Å²) >= 11 is 0. The number of hydrogen-bond donors (Lipinski definition) is 2. The molecule has 0 bridgehead atoms. The van der Waals surface area contributed by atoms with Crippen molar-refractivity contribution in [3.63, 3.8) is 0 Å². The van der Waals surface area contributed by atoms with E-state index in [0.29, 0.717) is 5.92 Å². The first-order valence-corrected chi connectivity index (χ1v) is 5.77. The smallest absolute Gasteiger partial charge is 0.321 e. The van der Waals surface area contributed by atoms with E-state index in [1.165, 1.54) is 0 Å². The second-order valence-electron chi connectivity index (χ2n) is 5.33. The fraction of sp³-hybridized carbons (Fsp3) is 0.667. The fourth-order valence-electron chi connectivity index (χ4n) is 1.84. The number of nitrogens with two attached hydrogens (primary N) is 1. The van der Waals surface area contributed by atoms with E-state index in [0.717, 1.165) is 12.2 Å². The number of carbonyl (C=O) groups is 1. The summed E-state index contributed by atoms with van der Waals surface area (Å²) in [7, 11) is 0. The highest BCUT2D eigenvalue weighted by Crippen LogP contribution is 2.26. The molecule has 1 rings (SSSR count). The maximum absolute atomic E-state index is 11.0. The molecule has 96 valence electrons. The monoisotopic (exact) mass is 239 g/mol. The predicted octanol–water partition coefficient (Wildman–Crippen LogP) is 1.23. The molecule has 1 aromatic heterocycles. The van der Waals surface area contributed by atoms with Gasteiger partial charge in [-0.2, -0.15) is 5.10 Å². The molecule has 0 saturated heterocycles. The van der Waals surface area contributed by atoms with Gasteiger partial charge in [-0.15, -0.1) is 0 Å². The van der Waals surface area contributed by atoms with Crippen LogP contribution >= 0.6 is 0 Å². The molecule has 1 atom stereocenters. The average Bonchev–Trinajstić information content (AvgIpc) is 2.63. The van der Waals surface area contributed by atoms with Gasteiger partial charge < -0.3 is 10.8 Å². The topological polar surface area (TPSA) is 81.1 Å². The van der Waals surface area contributed by atoms with Gasteiger partial charge in [0.05, 0.1) is 0 Å². The molecule has 5 nitrogen and oxygen atoms in total. The Balaban J connectivity index is 3.06. The number of nitrogens with zero attached hydrogens (tertiary/aromatic N) is 2. The van der Waals surface area contributed by atoms with Gasteiger partial charge in [0.1, 0.15) is 6.04 Å². The Hall–Kier alpha value is -1.36. The second-order valence-corrected chi connectivity index (χ2v) is 5.33. The first-order valence-electron chi connectivity index (χ1n) is 5.77. The summed E-state index contributed by atoms with van der Waals surface area (Å²) in [6.45, 7) is 8.61. The molecule has 0 aliphatic rings. The minimum absolute atomic E-state index is 0.450. The van der Waals surface area contributed by atoms with Crippen LogP contribution in [-0.4, -0.2) is 26.9 Å². The van der Waals surface area contributed by atoms with Crippen molar-refractivity contribution >= 4 is 5.97 Å². The third-order valence-electron chi connectivity index (χ3n) is 2.96. The maximum atomic E-state index is 11.0. The Kier molecular flexibility index (Phi) is 3.93. The van der Waals surface area contributed by atoms with Crippen molar-refractivity contribution < 1.29 is 9.90 Å². The van der Waals surface area contributed by atoms with E-state index < -0.39 is 17.4 Å². The highest BCUT2D eigenvalue weighted by molar-refractivity contribution is 5.75. The Bertz CT molecular complexity index is 396. The molecule has 1 unspecified atom stereocenters. The zero-order valence-electron chi connectivity index (χ0n) is 10.8. The molecule has 17 heavy (non-hydrogen) atoms. The molecule has 1 aromatic rings. The fourth-order valence-corrected chi connectivity index (χ4v) is 1.84. The molecule has 0 aliphatic heterocycles. The van der Waals surface area contributed by atoms with Crippen LogP contribution in [0.4, 0.5) is 0 Å². The molecule has 5 heteroatoms. The van der Waals surface area contributed by atoms with Crippen LogP contribution in [0, 0.1) is 5.92 Å². The largest absolute Gasteiger partial charge is 0.480 e. The molecule has 0 amide bonds. The number of rotatable bonds is 5. The van der Waals surface area contributed by atoms with E-state index in [9.17, 15) is 4.79 Å². The number of carboxylic acid groups (broad SMARTS) is 1. The van der Waals surface area contributed by atoms with Gasteiger partial charge in [0.2, 0.25) is 0 Å². The molecule has 1 heterocycles. The molecule has 0 spiro atoms. The van der Waals surface area contributed by atoms with Crippen molar-refractivity contribution in [2.45, 2.75) is 45.7 Å². The number of carboxylic acids is 1. The van der Waals surface area contributed by atoms with Gasteiger partial charge in [0.15, 0.2) is 0 Å². The maximum Gasteiger partial charge on any atom is 0.321 e. The molecule has 0 aliphatic carbocycles. The van der Waals surface area contributed by atoms with E-state index in [-0.39, 0.29) is 0 Å². The van der Waals surface area contributed by atoms with E-state index in [2.05, 4.69) is 18.9 Å². The van der Waals surface area contributed by atoms with Crippen LogP contribution in [-0.2, 0) is 16.8 Å². The van der Waals surface area contributed by atoms with Gasteiger partial charge in [-0.25, -0.2) is 0 Å². The minimum atomic E-state index is -0.993. The first kappa shape index (κ1) is 13.7. The Morgan fingerprint density at radius 2 is 2.18 bits per heavy atom. The molecular weight excluding hydrogens is 218 g/mol. The van der Waals surface area contributed by atoms with E-state index in [1.807, 2.05) is 24.6 Å². The van der Waals surface area contributed by atoms with Crippen molar-refractivity contribution in [1.82, 2.24) is 9.78 Å². The van der Waals surface area contributed by atoms with Crippen LogP contribution in [0.3, 0.4) is 0 Å². The second kappa shape index (κ2) is 4.87. The van der Waals surface area contributed by atoms with Crippen LogP contribution in [0.15, 0.2) is 12.3 Å². The van der Waals surface area contributed by atoms with E-state index in [1.54, 1.807) is 6.20 Å². The van der Waals surface area contributed by atoms with Crippen molar-refractivity contribution in [2.75, 3.05) is 0 Å². The standard InChI is InChI=1S/C12H21N3O2/c1-8(2)7-15-9(5-6-14-15)12(3,4)10(13)11(16)17/h5-6,8,10H,7,13H2,1-4H3,(H,16,17). The minimum Gasteiger partial charge on any atom is -0.480 e. The van der Waals surface area contributed by atoms with Crippen LogP contribution in [0.5, 0.6) is 0 Å². The lowest BCUT2D eigenvalue weighted by molar-refractivity contribution is -0.140. The summed E-state index contributed by atoms with van der Waals surface area (Å²) < 4.78 is 1.84. The quantitative estimate of drug-likeness (QED) is 0.809. The zero-order valence-corrected chi connectivity index (χ0v) is 10.8. The van der Waals surface area contributed by atoms with Gasteiger partial charge in [-0.1, -0.05) is 27.7 Å². The van der Waals surface area contributed by atoms with Crippen molar-refractivity contribution in [3.05, 3.63) is 18.0 Å². The average molecular weight is 239 g/mol. The van der Waals surface area contributed by atoms with E-state index >= 15 is 0 Å². The lowest BCUT2D eigenvalue weighted by Crippen LogP contribution is -2.48. The van der Waals surface area contributed by atoms with Crippen molar-refractivity contribution in [1.29, 1.82) is 0 Å². The van der Waals surface area contributed by atoms with Gasteiger partial charge in [-0.3, -0.25) is 9.48 Å². The van der Waals surface area contributed by atoms with Gasteiger partial charge in [0.25, 0.3) is 0 Å². The summed E-state index contributed by atoms with van der Waals surface area (Å²) in [5, 5.41) is 13.3. The molecule has 0 radical (unpaired) electrons. The Labute approximate surface area is 102 Å². The SMILES string of the molecule is CC(C)Cn1nccc1C(C)(C)C(N)C(=O)O. The van der Waals surface area contributed by atoms with Crippen LogP contribution in [0.2, 0.25) is 0 Å². The van der Waals surface area contributed by atoms with Crippen molar-refractivity contribution in [2.24, 2.45) is 11.7 Å². The summed E-state index contributed by atoms with van der Waals surface area (Å²) in [5.41, 5.74) is 5.97. The lowest BCUT2D eigenvalue weighted by Gasteiger charge is -2.29. The summed E-state index contributed by atoms with van der Waals surface area (Å²) in [6.07, 6.45) is 1.69. The summed E-state index contributed by atoms with van der Waals surface area (Å²) in [6, 6.07) is 0.899. The third-order valence-corrected chi connectivity index (χ3v) is 2.96. The molecule has 3 N–H and O–H groups in total.